The fraction of sp³-hybridized carbons (Fsp3) is 0.400. The molecule has 1 heterocycles. The van der Waals surface area contributed by atoms with Gasteiger partial charge in [-0.05, 0) is 17.7 Å². The molecule has 2 atom stereocenters. The minimum absolute atomic E-state index is 0. The van der Waals surface area contributed by atoms with E-state index >= 15 is 0 Å². The van der Waals surface area contributed by atoms with Gasteiger partial charge in [0.1, 0.15) is 6.20 Å². The number of nitrogens with zero attached hydrogens (tertiary/aromatic N) is 2. The van der Waals surface area contributed by atoms with Gasteiger partial charge in [0.25, 0.3) is 5.82 Å². The fourth-order valence-corrected chi connectivity index (χ4v) is 1.18. The molecule has 0 saturated carbocycles. The van der Waals surface area contributed by atoms with Crippen LogP contribution in [0.5, 0.6) is 0 Å². The minimum atomic E-state index is -4.77. The predicted octanol–water partition coefficient (Wildman–Crippen LogP) is 1.98. The molecule has 100 valence electrons. The summed E-state index contributed by atoms with van der Waals surface area (Å²) < 4.78 is 36.1. The fourth-order valence-electron chi connectivity index (χ4n) is 1.18. The Balaban J connectivity index is 0.00000289. The Hall–Kier alpha value is -1.13. The number of hydrogen-bond acceptors (Lipinski definition) is 3. The maximum Gasteiger partial charge on any atom is 0.414 e. The monoisotopic (exact) mass is 302 g/mol. The van der Waals surface area contributed by atoms with E-state index in [1.807, 2.05) is 0 Å². The van der Waals surface area contributed by atoms with E-state index < -0.39 is 24.8 Å². The van der Waals surface area contributed by atoms with E-state index in [2.05, 4.69) is 9.83 Å². The van der Waals surface area contributed by atoms with Crippen molar-refractivity contribution >= 4 is 5.82 Å². The second-order valence-corrected chi connectivity index (χ2v) is 3.37. The van der Waals surface area contributed by atoms with E-state index in [1.165, 1.54) is 18.3 Å². The van der Waals surface area contributed by atoms with E-state index in [-0.39, 0.29) is 28.4 Å². The molecule has 0 spiro atoms. The van der Waals surface area contributed by atoms with E-state index in [0.29, 0.717) is 0 Å². The molecule has 0 bridgehead atoms. The number of hydrogen-bond donors (Lipinski definition) is 2. The molecular formula is C10H9F3FeN2O2. The van der Waals surface area contributed by atoms with Crippen LogP contribution in [0.1, 0.15) is 18.1 Å². The van der Waals surface area contributed by atoms with E-state index in [9.17, 15) is 18.3 Å². The summed E-state index contributed by atoms with van der Waals surface area (Å²) in [7, 11) is 0. The van der Waals surface area contributed by atoms with Gasteiger partial charge in [-0.3, -0.25) is 0 Å². The second-order valence-electron chi connectivity index (χ2n) is 3.37. The summed E-state index contributed by atoms with van der Waals surface area (Å²) in [6.45, 7) is 6.67. The van der Waals surface area contributed by atoms with Crippen LogP contribution in [0.3, 0.4) is 0 Å². The zero-order chi connectivity index (χ0) is 13.1. The first-order valence-electron chi connectivity index (χ1n) is 4.61. The molecule has 0 amide bonds. The van der Waals surface area contributed by atoms with Crippen LogP contribution in [-0.2, 0) is 17.1 Å². The first-order valence-corrected chi connectivity index (χ1v) is 4.61. The number of aliphatic hydroxyl groups excluding tert-OH is 2. The molecule has 1 aromatic rings. The summed E-state index contributed by atoms with van der Waals surface area (Å²) in [5.41, 5.74) is 0.120. The van der Waals surface area contributed by atoms with Crippen molar-refractivity contribution in [2.45, 2.75) is 24.8 Å². The summed E-state index contributed by atoms with van der Waals surface area (Å²) in [5.74, 6) is -0.0250. The van der Waals surface area contributed by atoms with Crippen LogP contribution < -0.4 is 0 Å². The Labute approximate surface area is 112 Å². The second kappa shape index (κ2) is 6.71. The van der Waals surface area contributed by atoms with Crippen LogP contribution in [0.25, 0.3) is 4.85 Å². The first kappa shape index (κ1) is 16.9. The molecule has 0 aromatic carbocycles. The number of aromatic nitrogens is 1. The Morgan fingerprint density at radius 1 is 1.39 bits per heavy atom. The molecule has 0 aliphatic heterocycles. The van der Waals surface area contributed by atoms with Crippen LogP contribution in [0.4, 0.5) is 19.0 Å². The van der Waals surface area contributed by atoms with E-state index in [4.69, 9.17) is 11.7 Å². The molecule has 0 radical (unpaired) electrons. The predicted molar refractivity (Wildman–Crippen MR) is 52.1 cm³/mol. The van der Waals surface area contributed by atoms with Gasteiger partial charge < -0.3 is 15.1 Å². The normalized spacial score (nSPS) is 14.2. The average molecular weight is 302 g/mol. The summed E-state index contributed by atoms with van der Waals surface area (Å²) in [4.78, 5) is 6.60. The summed E-state index contributed by atoms with van der Waals surface area (Å²) in [6.07, 6.45) is -8.51. The molecule has 18 heavy (non-hydrogen) atoms. The van der Waals surface area contributed by atoms with E-state index in [1.54, 1.807) is 0 Å². The molecule has 1 rings (SSSR count). The van der Waals surface area contributed by atoms with Gasteiger partial charge in [-0.2, -0.15) is 13.2 Å². The van der Waals surface area contributed by atoms with Crippen LogP contribution in [0, 0.1) is 6.57 Å². The number of rotatable bonds is 3. The Morgan fingerprint density at radius 2 is 2.00 bits per heavy atom. The SMILES string of the molecule is [C-]#[N+]c1cc(C(O)CC(O)C(F)(F)F)ccn1.[Fe]. The van der Waals surface area contributed by atoms with Crippen molar-refractivity contribution < 1.29 is 40.5 Å². The summed E-state index contributed by atoms with van der Waals surface area (Å²) in [6, 6.07) is 2.48. The number of pyridine rings is 1. The third kappa shape index (κ3) is 4.62. The third-order valence-electron chi connectivity index (χ3n) is 2.09. The molecule has 4 nitrogen and oxygen atoms in total. The molecule has 1 aromatic heterocycles. The smallest absolute Gasteiger partial charge is 0.388 e. The Kier molecular flexibility index (Phi) is 6.29. The average Bonchev–Trinajstić information content (AvgIpc) is 2.27. The summed E-state index contributed by atoms with van der Waals surface area (Å²) in [5, 5.41) is 18.3. The molecule has 2 N–H and O–H groups in total. The topological polar surface area (TPSA) is 57.7 Å². The van der Waals surface area contributed by atoms with Crippen molar-refractivity contribution in [3.63, 3.8) is 0 Å². The van der Waals surface area contributed by atoms with Gasteiger partial charge >= 0.3 is 6.18 Å². The van der Waals surface area contributed by atoms with Crippen LogP contribution in [-0.4, -0.2) is 27.5 Å². The molecule has 0 fully saturated rings. The van der Waals surface area contributed by atoms with Crippen molar-refractivity contribution in [3.8, 4) is 0 Å². The standard InChI is InChI=1S/C10H9F3N2O2.Fe/c1-14-9-4-6(2-3-15-9)7(16)5-8(17)10(11,12)13;/h2-4,7-8,16-17H,5H2;. The summed E-state index contributed by atoms with van der Waals surface area (Å²) >= 11 is 0. The third-order valence-corrected chi connectivity index (χ3v) is 2.09. The van der Waals surface area contributed by atoms with Crippen molar-refractivity contribution in [1.82, 2.24) is 4.98 Å². The van der Waals surface area contributed by atoms with Crippen molar-refractivity contribution in [1.29, 1.82) is 0 Å². The van der Waals surface area contributed by atoms with Gasteiger partial charge in [0.2, 0.25) is 0 Å². The van der Waals surface area contributed by atoms with Crippen molar-refractivity contribution in [2.24, 2.45) is 0 Å². The number of halogens is 3. The Bertz CT molecular complexity index is 434. The molecule has 0 aliphatic carbocycles. The van der Waals surface area contributed by atoms with Crippen molar-refractivity contribution in [2.75, 3.05) is 0 Å². The molecule has 2 unspecified atom stereocenters. The molecular weight excluding hydrogens is 293 g/mol. The minimum Gasteiger partial charge on any atom is -0.388 e. The van der Waals surface area contributed by atoms with Crippen molar-refractivity contribution in [3.05, 3.63) is 35.3 Å². The van der Waals surface area contributed by atoms with Gasteiger partial charge in [-0.15, -0.1) is 4.98 Å². The van der Waals surface area contributed by atoms with Gasteiger partial charge in [0.05, 0.1) is 6.10 Å². The van der Waals surface area contributed by atoms with Crippen LogP contribution in [0.15, 0.2) is 18.3 Å². The zero-order valence-electron chi connectivity index (χ0n) is 8.87. The molecule has 8 heteroatoms. The first-order chi connectivity index (χ1) is 7.84. The maximum absolute atomic E-state index is 12.0. The maximum atomic E-state index is 12.0. The quantitative estimate of drug-likeness (QED) is 0.663. The van der Waals surface area contributed by atoms with Crippen LogP contribution in [0.2, 0.25) is 0 Å². The van der Waals surface area contributed by atoms with Gasteiger partial charge in [0, 0.05) is 23.5 Å². The number of alkyl halides is 3. The Morgan fingerprint density at radius 3 is 2.50 bits per heavy atom. The van der Waals surface area contributed by atoms with Gasteiger partial charge in [-0.25, -0.2) is 0 Å². The zero-order valence-corrected chi connectivity index (χ0v) is 9.97. The number of aliphatic hydroxyl groups is 2. The van der Waals surface area contributed by atoms with Gasteiger partial charge in [-0.1, -0.05) is 6.57 Å². The molecule has 0 saturated heterocycles. The largest absolute Gasteiger partial charge is 0.414 e. The van der Waals surface area contributed by atoms with Gasteiger partial charge in [0.15, 0.2) is 6.10 Å². The van der Waals surface area contributed by atoms with Crippen LogP contribution >= 0.6 is 0 Å². The van der Waals surface area contributed by atoms with E-state index in [0.717, 1.165) is 0 Å². The molecule has 0 aliphatic rings.